The van der Waals surface area contributed by atoms with Gasteiger partial charge in [-0.15, -0.1) is 0 Å². The molecule has 1 saturated carbocycles. The summed E-state index contributed by atoms with van der Waals surface area (Å²) in [6.45, 7) is 4.68. The molecule has 0 radical (unpaired) electrons. The van der Waals surface area contributed by atoms with Gasteiger partial charge in [-0.05, 0) is 71.0 Å². The molecule has 3 aromatic rings. The van der Waals surface area contributed by atoms with Crippen molar-refractivity contribution in [2.45, 2.75) is 50.5 Å². The Morgan fingerprint density at radius 2 is 1.76 bits per heavy atom. The second-order valence-electron chi connectivity index (χ2n) is 9.31. The molecule has 1 heterocycles. The lowest BCUT2D eigenvalue weighted by Gasteiger charge is -2.29. The number of nitrogens with zero attached hydrogens (tertiary/aromatic N) is 1. The zero-order valence-corrected chi connectivity index (χ0v) is 17.0. The Morgan fingerprint density at radius 3 is 2.62 bits per heavy atom. The third-order valence-corrected chi connectivity index (χ3v) is 7.50. The zero-order chi connectivity index (χ0) is 19.8. The molecule has 0 aromatic heterocycles. The number of hydrogen-bond acceptors (Lipinski definition) is 2. The Labute approximate surface area is 172 Å². The molecule has 29 heavy (non-hydrogen) atoms. The smallest absolute Gasteiger partial charge is 0.150 e. The van der Waals surface area contributed by atoms with Crippen LogP contribution in [0, 0.1) is 0 Å². The van der Waals surface area contributed by atoms with Gasteiger partial charge in [-0.2, -0.15) is 0 Å². The maximum absolute atomic E-state index is 11.3. The lowest BCUT2D eigenvalue weighted by atomic mass is 9.82. The standard InChI is InChI=1S/C27H25NO/c1-27(2)23-8-4-3-6-19(23)20-12-11-18(15-24(20)27)28-25-9-5-7-21(25)22-14-17(16-29)10-13-26(22)28/h3-4,6,8,10-16,21,25H,5,7,9H2,1-2H3. The van der Waals surface area contributed by atoms with E-state index in [4.69, 9.17) is 0 Å². The summed E-state index contributed by atoms with van der Waals surface area (Å²) in [5, 5.41) is 0. The Hall–Kier alpha value is -2.87. The highest BCUT2D eigenvalue weighted by atomic mass is 16.1. The molecule has 2 nitrogen and oxygen atoms in total. The number of anilines is 2. The first kappa shape index (κ1) is 17.0. The maximum Gasteiger partial charge on any atom is 0.150 e. The highest BCUT2D eigenvalue weighted by molar-refractivity contribution is 5.85. The summed E-state index contributed by atoms with van der Waals surface area (Å²) >= 11 is 0. The first-order valence-corrected chi connectivity index (χ1v) is 10.7. The lowest BCUT2D eigenvalue weighted by Crippen LogP contribution is -2.27. The van der Waals surface area contributed by atoms with Gasteiger partial charge in [-0.3, -0.25) is 4.79 Å². The minimum atomic E-state index is 0.0148. The van der Waals surface area contributed by atoms with Gasteiger partial charge in [-0.25, -0.2) is 0 Å². The maximum atomic E-state index is 11.3. The van der Waals surface area contributed by atoms with Crippen LogP contribution in [0.2, 0.25) is 0 Å². The van der Waals surface area contributed by atoms with Crippen molar-refractivity contribution in [1.29, 1.82) is 0 Å². The molecule has 0 spiro atoms. The second-order valence-corrected chi connectivity index (χ2v) is 9.31. The first-order chi connectivity index (χ1) is 14.1. The average molecular weight is 380 g/mol. The van der Waals surface area contributed by atoms with Crippen LogP contribution in [0.3, 0.4) is 0 Å². The van der Waals surface area contributed by atoms with Crippen molar-refractivity contribution in [1.82, 2.24) is 0 Å². The number of benzene rings is 3. The van der Waals surface area contributed by atoms with Crippen LogP contribution in [0.5, 0.6) is 0 Å². The van der Waals surface area contributed by atoms with Gasteiger partial charge in [0.25, 0.3) is 0 Å². The van der Waals surface area contributed by atoms with Crippen LogP contribution in [0.4, 0.5) is 11.4 Å². The summed E-state index contributed by atoms with van der Waals surface area (Å²) in [6, 6.07) is 22.6. The van der Waals surface area contributed by atoms with Gasteiger partial charge in [0, 0.05) is 34.3 Å². The fourth-order valence-electron chi connectivity index (χ4n) is 6.13. The molecule has 3 aromatic carbocycles. The predicted octanol–water partition coefficient (Wildman–Crippen LogP) is 6.59. The van der Waals surface area contributed by atoms with E-state index in [9.17, 15) is 4.79 Å². The van der Waals surface area contributed by atoms with E-state index in [0.29, 0.717) is 12.0 Å². The van der Waals surface area contributed by atoms with E-state index in [2.05, 4.69) is 73.3 Å². The van der Waals surface area contributed by atoms with Crippen LogP contribution in [0.15, 0.2) is 60.7 Å². The van der Waals surface area contributed by atoms with E-state index in [1.807, 2.05) is 6.07 Å². The molecule has 2 unspecified atom stereocenters. The molecule has 0 amide bonds. The Bertz CT molecular complexity index is 1160. The number of carbonyl (C=O) groups is 1. The zero-order valence-electron chi connectivity index (χ0n) is 17.0. The minimum absolute atomic E-state index is 0.0148. The van der Waals surface area contributed by atoms with Crippen molar-refractivity contribution in [3.8, 4) is 11.1 Å². The highest BCUT2D eigenvalue weighted by Crippen LogP contribution is 2.54. The number of aldehydes is 1. The van der Waals surface area contributed by atoms with Gasteiger partial charge in [0.05, 0.1) is 0 Å². The molecule has 2 heteroatoms. The first-order valence-electron chi connectivity index (χ1n) is 10.7. The summed E-state index contributed by atoms with van der Waals surface area (Å²) in [7, 11) is 0. The van der Waals surface area contributed by atoms with E-state index in [0.717, 1.165) is 11.8 Å². The quantitative estimate of drug-likeness (QED) is 0.468. The molecule has 2 atom stereocenters. The molecule has 0 bridgehead atoms. The van der Waals surface area contributed by atoms with Crippen molar-refractivity contribution in [3.05, 3.63) is 82.9 Å². The Balaban J connectivity index is 1.51. The fraction of sp³-hybridized carbons (Fsp3) is 0.296. The van der Waals surface area contributed by atoms with Gasteiger partial charge >= 0.3 is 0 Å². The van der Waals surface area contributed by atoms with Gasteiger partial charge in [0.2, 0.25) is 0 Å². The Kier molecular flexibility index (Phi) is 3.42. The number of rotatable bonds is 2. The van der Waals surface area contributed by atoms with Crippen LogP contribution < -0.4 is 4.90 Å². The summed E-state index contributed by atoms with van der Waals surface area (Å²) in [5.74, 6) is 0.545. The van der Waals surface area contributed by atoms with Crippen LogP contribution in [0.1, 0.15) is 66.1 Å². The van der Waals surface area contributed by atoms with Crippen molar-refractivity contribution in [2.24, 2.45) is 0 Å². The van der Waals surface area contributed by atoms with Crippen molar-refractivity contribution >= 4 is 17.7 Å². The average Bonchev–Trinajstić information content (AvgIpc) is 3.39. The Morgan fingerprint density at radius 1 is 0.931 bits per heavy atom. The van der Waals surface area contributed by atoms with Gasteiger partial charge in [0.15, 0.2) is 0 Å². The molecule has 3 aliphatic rings. The molecule has 1 aliphatic heterocycles. The van der Waals surface area contributed by atoms with E-state index < -0.39 is 0 Å². The number of fused-ring (bicyclic) bond motifs is 6. The SMILES string of the molecule is CC1(C)c2ccccc2-c2ccc(N3c4ccc(C=O)cc4C4CCCC43)cc21. The topological polar surface area (TPSA) is 20.3 Å². The monoisotopic (exact) mass is 379 g/mol. The molecule has 1 fully saturated rings. The van der Waals surface area contributed by atoms with Gasteiger partial charge in [-0.1, -0.05) is 50.6 Å². The van der Waals surface area contributed by atoms with E-state index >= 15 is 0 Å². The van der Waals surface area contributed by atoms with Crippen molar-refractivity contribution in [3.63, 3.8) is 0 Å². The van der Waals surface area contributed by atoms with Gasteiger partial charge in [0.1, 0.15) is 6.29 Å². The van der Waals surface area contributed by atoms with E-state index in [-0.39, 0.29) is 5.41 Å². The molecular weight excluding hydrogens is 354 g/mol. The molecule has 144 valence electrons. The molecule has 2 aliphatic carbocycles. The summed E-state index contributed by atoms with van der Waals surface area (Å²) in [5.41, 5.74) is 10.3. The lowest BCUT2D eigenvalue weighted by molar-refractivity contribution is 0.112. The largest absolute Gasteiger partial charge is 0.338 e. The van der Waals surface area contributed by atoms with E-state index in [1.165, 1.54) is 58.5 Å². The summed E-state index contributed by atoms with van der Waals surface area (Å²) in [4.78, 5) is 13.9. The van der Waals surface area contributed by atoms with Crippen LogP contribution >= 0.6 is 0 Å². The van der Waals surface area contributed by atoms with Crippen LogP contribution in [-0.4, -0.2) is 12.3 Å². The fourth-order valence-corrected chi connectivity index (χ4v) is 6.13. The van der Waals surface area contributed by atoms with Crippen LogP contribution in [-0.2, 0) is 5.41 Å². The van der Waals surface area contributed by atoms with Crippen LogP contribution in [0.25, 0.3) is 11.1 Å². The molecule has 0 N–H and O–H groups in total. The summed E-state index contributed by atoms with van der Waals surface area (Å²) in [6.07, 6.45) is 4.68. The number of carbonyl (C=O) groups excluding carboxylic acids is 1. The molecular formula is C27H25NO. The van der Waals surface area contributed by atoms with Crippen molar-refractivity contribution in [2.75, 3.05) is 4.90 Å². The molecule has 0 saturated heterocycles. The van der Waals surface area contributed by atoms with Crippen molar-refractivity contribution < 1.29 is 4.79 Å². The highest BCUT2D eigenvalue weighted by Gasteiger charge is 2.43. The summed E-state index contributed by atoms with van der Waals surface area (Å²) < 4.78 is 0. The van der Waals surface area contributed by atoms with E-state index in [1.54, 1.807) is 0 Å². The third kappa shape index (κ3) is 2.20. The minimum Gasteiger partial charge on any atom is -0.338 e. The second kappa shape index (κ2) is 5.82. The predicted molar refractivity (Wildman–Crippen MR) is 118 cm³/mol. The molecule has 6 rings (SSSR count). The van der Waals surface area contributed by atoms with Gasteiger partial charge < -0.3 is 4.90 Å². The third-order valence-electron chi connectivity index (χ3n) is 7.50. The number of hydrogen-bond donors (Lipinski definition) is 0. The normalized spacial score (nSPS) is 22.8.